The molecule has 0 aromatic rings. The molecule has 0 aromatic carbocycles. The monoisotopic (exact) mass is 318 g/mol. The molecule has 0 bridgehead atoms. The van der Waals surface area contributed by atoms with Crippen LogP contribution in [-0.2, 0) is 39.4 Å². The van der Waals surface area contributed by atoms with Crippen molar-refractivity contribution in [1.29, 1.82) is 0 Å². The van der Waals surface area contributed by atoms with Crippen molar-refractivity contribution in [3.63, 3.8) is 0 Å². The minimum absolute atomic E-state index is 0. The predicted molar refractivity (Wildman–Crippen MR) is 29.4 cm³/mol. The van der Waals surface area contributed by atoms with Crippen LogP contribution >= 0.6 is 23.5 Å². The Morgan fingerprint density at radius 3 is 1.47 bits per heavy atom. The summed E-state index contributed by atoms with van der Waals surface area (Å²) in [5, 5.41) is 0. The number of hydrogen-bond acceptors (Lipinski definition) is 8. The average molecular weight is 318 g/mol. The minimum atomic E-state index is -5.92. The zero-order chi connectivity index (χ0) is 10.9. The van der Waals surface area contributed by atoms with Crippen LogP contribution in [0.4, 0.5) is 0 Å². The first-order valence-corrected chi connectivity index (χ1v) is 6.68. The van der Waals surface area contributed by atoms with Crippen LogP contribution in [-0.4, -0.2) is 9.79 Å². The summed E-state index contributed by atoms with van der Waals surface area (Å²) < 4.78 is 35.3. The molecule has 0 rings (SSSR count). The van der Waals surface area contributed by atoms with Crippen molar-refractivity contribution in [2.75, 3.05) is 0 Å². The zero-order valence-corrected chi connectivity index (χ0v) is 10.6. The van der Waals surface area contributed by atoms with Gasteiger partial charge in [-0.1, -0.05) is 0 Å². The quantitative estimate of drug-likeness (QED) is 0.375. The summed E-state index contributed by atoms with van der Waals surface area (Å²) in [5.74, 6) is 0. The number of hydrogen-bond donors (Lipinski definition) is 2. The molecule has 0 radical (unpaired) electrons. The molecule has 0 saturated carbocycles. The van der Waals surface area contributed by atoms with E-state index >= 15 is 0 Å². The van der Waals surface area contributed by atoms with Crippen LogP contribution < -0.4 is 33.5 Å². The molecule has 0 aliphatic heterocycles. The van der Waals surface area contributed by atoms with Crippen LogP contribution in [0.2, 0.25) is 0 Å². The molecule has 0 aromatic heterocycles. The van der Waals surface area contributed by atoms with Crippen LogP contribution in [0.25, 0.3) is 0 Å². The SMILES string of the molecule is O=P([O-])([O-])OP(=O)([O-])OP(=O)(O)O.[Fe+2].[Li+]. The van der Waals surface area contributed by atoms with E-state index in [0.717, 1.165) is 0 Å². The second-order valence-electron chi connectivity index (χ2n) is 1.55. The summed E-state index contributed by atoms with van der Waals surface area (Å²) in [7, 11) is -17.2. The second-order valence-corrected chi connectivity index (χ2v) is 5.62. The largest absolute Gasteiger partial charge is 2.00 e. The Kier molecular flexibility index (Phi) is 10.3. The van der Waals surface area contributed by atoms with E-state index in [9.17, 15) is 28.4 Å². The third-order valence-electron chi connectivity index (χ3n) is 0.406. The Bertz CT molecular complexity index is 283. The molecule has 0 aliphatic rings. The third-order valence-corrected chi connectivity index (χ3v) is 3.66. The summed E-state index contributed by atoms with van der Waals surface area (Å²) in [6, 6.07) is 0. The standard InChI is InChI=1S/Fe.Li.H5O10P3/c;;1-11(2,3)9-13(7,8)10-12(4,5)6/h;;(H,7,8)(H2,1,2,3)(H2,4,5,6)/q+2;+1;/p-3. The van der Waals surface area contributed by atoms with Crippen LogP contribution in [0.5, 0.6) is 0 Å². The second kappa shape index (κ2) is 7.07. The predicted octanol–water partition coefficient (Wildman–Crippen LogP) is -5.59. The fourth-order valence-corrected chi connectivity index (χ4v) is 2.68. The van der Waals surface area contributed by atoms with Gasteiger partial charge in [0.25, 0.3) is 7.82 Å². The Balaban J connectivity index is -0.000000720. The normalized spacial score (nSPS) is 15.8. The van der Waals surface area contributed by atoms with Gasteiger partial charge in [-0.05, 0) is 0 Å². The maximum absolute atomic E-state index is 10.2. The average Bonchev–Trinajstić information content (AvgIpc) is 1.43. The van der Waals surface area contributed by atoms with Gasteiger partial charge < -0.3 is 29.0 Å². The van der Waals surface area contributed by atoms with Crippen molar-refractivity contribution in [2.45, 2.75) is 0 Å². The van der Waals surface area contributed by atoms with Gasteiger partial charge in [-0.2, -0.15) is 0 Å². The van der Waals surface area contributed by atoms with Crippen LogP contribution in [0.3, 0.4) is 0 Å². The molecule has 0 heterocycles. The fraction of sp³-hybridized carbons (Fsp3) is 0. The van der Waals surface area contributed by atoms with Gasteiger partial charge in [-0.15, -0.1) is 0 Å². The van der Waals surface area contributed by atoms with Gasteiger partial charge in [0.05, 0.1) is 7.82 Å². The number of rotatable bonds is 4. The van der Waals surface area contributed by atoms with E-state index in [4.69, 9.17) is 9.79 Å². The van der Waals surface area contributed by atoms with E-state index in [1.54, 1.807) is 0 Å². The molecule has 0 amide bonds. The van der Waals surface area contributed by atoms with E-state index in [-0.39, 0.29) is 35.9 Å². The first kappa shape index (κ1) is 21.8. The maximum atomic E-state index is 10.2. The fourth-order valence-electron chi connectivity index (χ4n) is 0.268. The van der Waals surface area contributed by atoms with E-state index < -0.39 is 23.5 Å². The van der Waals surface area contributed by atoms with Crippen molar-refractivity contribution in [3.8, 4) is 0 Å². The van der Waals surface area contributed by atoms with Gasteiger partial charge in [-0.3, -0.25) is 8.88 Å². The molecule has 2 N–H and O–H groups in total. The molecule has 0 spiro atoms. The van der Waals surface area contributed by atoms with Gasteiger partial charge in [0.15, 0.2) is 0 Å². The topological polar surface area (TPSA) is 179 Å². The first-order chi connectivity index (χ1) is 5.41. The molecule has 10 nitrogen and oxygen atoms in total. The van der Waals surface area contributed by atoms with E-state index in [0.29, 0.717) is 0 Å². The van der Waals surface area contributed by atoms with Crippen molar-refractivity contribution in [1.82, 2.24) is 0 Å². The maximum Gasteiger partial charge on any atom is 2.00 e. The number of phosphoric acid groups is 3. The summed E-state index contributed by atoms with van der Waals surface area (Å²) in [6.07, 6.45) is 0. The molecule has 15 heavy (non-hydrogen) atoms. The molecule has 0 fully saturated rings. The van der Waals surface area contributed by atoms with Crippen molar-refractivity contribution < 1.29 is 82.7 Å². The molecule has 15 heteroatoms. The van der Waals surface area contributed by atoms with Gasteiger partial charge in [-0.25, -0.2) is 8.88 Å². The van der Waals surface area contributed by atoms with Gasteiger partial charge in [0.1, 0.15) is 0 Å². The Labute approximate surface area is 106 Å². The zero-order valence-electron chi connectivity index (χ0n) is 6.86. The van der Waals surface area contributed by atoms with Crippen molar-refractivity contribution in [2.24, 2.45) is 0 Å². The molecule has 1 atom stereocenters. The first-order valence-electron chi connectivity index (χ1n) is 2.23. The smallest absolute Gasteiger partial charge is 0.790 e. The van der Waals surface area contributed by atoms with Gasteiger partial charge in [0.2, 0.25) is 0 Å². The third kappa shape index (κ3) is 15.5. The summed E-state index contributed by atoms with van der Waals surface area (Å²) in [4.78, 5) is 45.3. The van der Waals surface area contributed by atoms with Crippen molar-refractivity contribution in [3.05, 3.63) is 0 Å². The minimum Gasteiger partial charge on any atom is -0.790 e. The summed E-state index contributed by atoms with van der Waals surface area (Å²) in [5.41, 5.74) is 0. The van der Waals surface area contributed by atoms with E-state index in [1.165, 1.54) is 0 Å². The van der Waals surface area contributed by atoms with Crippen LogP contribution in [0, 0.1) is 0 Å². The van der Waals surface area contributed by atoms with Gasteiger partial charge >= 0.3 is 43.8 Å². The van der Waals surface area contributed by atoms with E-state index in [1.807, 2.05) is 0 Å². The van der Waals surface area contributed by atoms with E-state index in [2.05, 4.69) is 8.62 Å². The van der Waals surface area contributed by atoms with Gasteiger partial charge in [0, 0.05) is 0 Å². The summed E-state index contributed by atoms with van der Waals surface area (Å²) in [6.45, 7) is 0. The molecule has 1 unspecified atom stereocenters. The molecule has 0 saturated heterocycles. The van der Waals surface area contributed by atoms with Crippen molar-refractivity contribution >= 4 is 23.5 Å². The molecule has 86 valence electrons. The Hall–Kier alpha value is 1.53. The molecular weight excluding hydrogens is 316 g/mol. The molecule has 0 aliphatic carbocycles. The Morgan fingerprint density at radius 2 is 1.27 bits per heavy atom. The Morgan fingerprint density at radius 1 is 0.933 bits per heavy atom. The van der Waals surface area contributed by atoms with Crippen LogP contribution in [0.1, 0.15) is 0 Å². The molecular formula is H2FeLiO10P3. The van der Waals surface area contributed by atoms with Crippen LogP contribution in [0.15, 0.2) is 0 Å². The summed E-state index contributed by atoms with van der Waals surface area (Å²) >= 11 is 0.